The van der Waals surface area contributed by atoms with Crippen LogP contribution in [0.25, 0.3) is 0 Å². The molecule has 0 bridgehead atoms. The fraction of sp³-hybridized carbons (Fsp3) is 0.417. The largest absolute Gasteiger partial charge is 0.468 e. The highest BCUT2D eigenvalue weighted by Gasteiger charge is 2.11. The average Bonchev–Trinajstić information content (AvgIpc) is 2.38. The van der Waals surface area contributed by atoms with E-state index in [1.54, 1.807) is 18.3 Å². The minimum atomic E-state index is -0.289. The molecule has 0 aliphatic rings. The Hall–Kier alpha value is -2.09. The number of hydrogen-bond acceptors (Lipinski definition) is 5. The Morgan fingerprint density at radius 3 is 2.82 bits per heavy atom. The van der Waals surface area contributed by atoms with Gasteiger partial charge in [0.25, 0.3) is 0 Å². The van der Waals surface area contributed by atoms with Crippen LogP contribution in [0.15, 0.2) is 18.3 Å². The van der Waals surface area contributed by atoms with Crippen molar-refractivity contribution >= 4 is 11.7 Å². The minimum absolute atomic E-state index is 0.192. The monoisotopic (exact) mass is 233 g/mol. The van der Waals surface area contributed by atoms with Gasteiger partial charge in [0.1, 0.15) is 18.3 Å². The van der Waals surface area contributed by atoms with Gasteiger partial charge in [-0.25, -0.2) is 4.98 Å². The molecule has 0 spiro atoms. The third kappa shape index (κ3) is 3.76. The van der Waals surface area contributed by atoms with Crippen LogP contribution in [0, 0.1) is 11.3 Å². The lowest BCUT2D eigenvalue weighted by Gasteiger charge is -2.22. The van der Waals surface area contributed by atoms with E-state index in [-0.39, 0.29) is 12.5 Å². The van der Waals surface area contributed by atoms with Crippen molar-refractivity contribution in [2.24, 2.45) is 0 Å². The van der Waals surface area contributed by atoms with Crippen LogP contribution in [0.2, 0.25) is 0 Å². The van der Waals surface area contributed by atoms with Crippen molar-refractivity contribution in [3.63, 3.8) is 0 Å². The summed E-state index contributed by atoms with van der Waals surface area (Å²) in [6.45, 7) is 2.96. The van der Waals surface area contributed by atoms with Crippen LogP contribution in [0.1, 0.15) is 19.0 Å². The lowest BCUT2D eigenvalue weighted by molar-refractivity contribution is -0.138. The van der Waals surface area contributed by atoms with Crippen molar-refractivity contribution in [3.8, 4) is 6.07 Å². The Bertz CT molecular complexity index is 409. The Labute approximate surface area is 101 Å². The van der Waals surface area contributed by atoms with Gasteiger partial charge in [-0.15, -0.1) is 0 Å². The molecule has 90 valence electrons. The Morgan fingerprint density at radius 2 is 2.35 bits per heavy atom. The van der Waals surface area contributed by atoms with Crippen molar-refractivity contribution in [2.45, 2.75) is 13.3 Å². The smallest absolute Gasteiger partial charge is 0.325 e. The van der Waals surface area contributed by atoms with E-state index in [1.807, 2.05) is 17.9 Å². The maximum Gasteiger partial charge on any atom is 0.325 e. The van der Waals surface area contributed by atoms with Crippen molar-refractivity contribution in [2.75, 3.05) is 25.1 Å². The topological polar surface area (TPSA) is 66.2 Å². The van der Waals surface area contributed by atoms with Gasteiger partial charge in [-0.1, -0.05) is 6.92 Å². The van der Waals surface area contributed by atoms with E-state index in [0.717, 1.165) is 18.7 Å². The van der Waals surface area contributed by atoms with E-state index < -0.39 is 0 Å². The molecule has 0 radical (unpaired) electrons. The van der Waals surface area contributed by atoms with Gasteiger partial charge >= 0.3 is 5.97 Å². The van der Waals surface area contributed by atoms with Gasteiger partial charge in [-0.2, -0.15) is 5.26 Å². The first-order chi connectivity index (χ1) is 8.21. The third-order valence-corrected chi connectivity index (χ3v) is 2.27. The molecule has 1 aromatic heterocycles. The third-order valence-electron chi connectivity index (χ3n) is 2.27. The number of anilines is 1. The van der Waals surface area contributed by atoms with E-state index in [9.17, 15) is 4.79 Å². The van der Waals surface area contributed by atoms with E-state index in [1.165, 1.54) is 7.11 Å². The molecule has 17 heavy (non-hydrogen) atoms. The lowest BCUT2D eigenvalue weighted by Crippen LogP contribution is -2.31. The number of rotatable bonds is 5. The Kier molecular flexibility index (Phi) is 4.95. The molecule has 0 amide bonds. The SMILES string of the molecule is CCCN(CC(=O)OC)c1ccc(C#N)nc1. The van der Waals surface area contributed by atoms with Gasteiger partial charge in [0.05, 0.1) is 19.0 Å². The fourth-order valence-electron chi connectivity index (χ4n) is 1.43. The van der Waals surface area contributed by atoms with Gasteiger partial charge < -0.3 is 9.64 Å². The molecule has 0 aliphatic carbocycles. The Balaban J connectivity index is 2.81. The average molecular weight is 233 g/mol. The van der Waals surface area contributed by atoms with Gasteiger partial charge in [-0.3, -0.25) is 4.79 Å². The second kappa shape index (κ2) is 6.48. The zero-order chi connectivity index (χ0) is 12.7. The standard InChI is InChI=1S/C12H15N3O2/c1-3-6-15(9-12(16)17-2)11-5-4-10(7-13)14-8-11/h4-5,8H,3,6,9H2,1-2H3. The summed E-state index contributed by atoms with van der Waals surface area (Å²) >= 11 is 0. The van der Waals surface area contributed by atoms with Gasteiger partial charge in [0.2, 0.25) is 0 Å². The zero-order valence-electron chi connectivity index (χ0n) is 10.0. The molecule has 0 fully saturated rings. The summed E-state index contributed by atoms with van der Waals surface area (Å²) in [6, 6.07) is 5.37. The molecule has 0 atom stereocenters. The minimum Gasteiger partial charge on any atom is -0.468 e. The number of methoxy groups -OCH3 is 1. The molecule has 1 aromatic rings. The number of nitrogens with zero attached hydrogens (tertiary/aromatic N) is 3. The number of ether oxygens (including phenoxy) is 1. The van der Waals surface area contributed by atoms with Gasteiger partial charge in [0, 0.05) is 6.54 Å². The van der Waals surface area contributed by atoms with E-state index in [2.05, 4.69) is 9.72 Å². The van der Waals surface area contributed by atoms with Crippen molar-refractivity contribution in [1.29, 1.82) is 5.26 Å². The number of hydrogen-bond donors (Lipinski definition) is 0. The molecule has 0 aromatic carbocycles. The normalized spacial score (nSPS) is 9.47. The second-order valence-corrected chi connectivity index (χ2v) is 3.51. The molecule has 0 unspecified atom stereocenters. The summed E-state index contributed by atoms with van der Waals surface area (Å²) in [5, 5.41) is 8.65. The van der Waals surface area contributed by atoms with Crippen LogP contribution in [-0.2, 0) is 9.53 Å². The lowest BCUT2D eigenvalue weighted by atomic mass is 10.3. The van der Waals surface area contributed by atoms with Crippen LogP contribution >= 0.6 is 0 Å². The first-order valence-electron chi connectivity index (χ1n) is 5.39. The molecule has 0 N–H and O–H groups in total. The molecular weight excluding hydrogens is 218 g/mol. The van der Waals surface area contributed by atoms with Crippen molar-refractivity contribution in [3.05, 3.63) is 24.0 Å². The zero-order valence-corrected chi connectivity index (χ0v) is 10.0. The summed E-state index contributed by atoms with van der Waals surface area (Å²) in [5.74, 6) is -0.289. The summed E-state index contributed by atoms with van der Waals surface area (Å²) < 4.78 is 4.64. The molecular formula is C12H15N3O2. The van der Waals surface area contributed by atoms with Gasteiger partial charge in [0.15, 0.2) is 0 Å². The number of aromatic nitrogens is 1. The molecule has 5 nitrogen and oxygen atoms in total. The molecule has 1 heterocycles. The predicted molar refractivity (Wildman–Crippen MR) is 63.5 cm³/mol. The van der Waals surface area contributed by atoms with E-state index in [0.29, 0.717) is 5.69 Å². The number of nitriles is 1. The highest BCUT2D eigenvalue weighted by molar-refractivity contribution is 5.75. The van der Waals surface area contributed by atoms with Crippen LogP contribution in [0.5, 0.6) is 0 Å². The second-order valence-electron chi connectivity index (χ2n) is 3.51. The Morgan fingerprint density at radius 1 is 1.59 bits per heavy atom. The van der Waals surface area contributed by atoms with Crippen molar-refractivity contribution in [1.82, 2.24) is 4.98 Å². The predicted octanol–water partition coefficient (Wildman–Crippen LogP) is 1.34. The highest BCUT2D eigenvalue weighted by Crippen LogP contribution is 2.13. The van der Waals surface area contributed by atoms with Crippen LogP contribution < -0.4 is 4.90 Å². The van der Waals surface area contributed by atoms with E-state index in [4.69, 9.17) is 5.26 Å². The van der Waals surface area contributed by atoms with Crippen LogP contribution in [0.3, 0.4) is 0 Å². The summed E-state index contributed by atoms with van der Waals surface area (Å²) in [5.41, 5.74) is 1.18. The molecule has 5 heteroatoms. The summed E-state index contributed by atoms with van der Waals surface area (Å²) in [7, 11) is 1.36. The first kappa shape index (κ1) is 13.0. The fourth-order valence-corrected chi connectivity index (χ4v) is 1.43. The molecule has 0 saturated carbocycles. The maximum absolute atomic E-state index is 11.3. The number of esters is 1. The number of carbonyl (C=O) groups is 1. The number of carbonyl (C=O) groups excluding carboxylic acids is 1. The van der Waals surface area contributed by atoms with E-state index >= 15 is 0 Å². The maximum atomic E-state index is 11.3. The van der Waals surface area contributed by atoms with Crippen molar-refractivity contribution < 1.29 is 9.53 Å². The summed E-state index contributed by atoms with van der Waals surface area (Å²) in [6.07, 6.45) is 2.51. The summed E-state index contributed by atoms with van der Waals surface area (Å²) in [4.78, 5) is 17.1. The molecule has 0 aliphatic heterocycles. The highest BCUT2D eigenvalue weighted by atomic mass is 16.5. The first-order valence-corrected chi connectivity index (χ1v) is 5.39. The van der Waals surface area contributed by atoms with Gasteiger partial charge in [-0.05, 0) is 18.6 Å². The van der Waals surface area contributed by atoms with Crippen LogP contribution in [0.4, 0.5) is 5.69 Å². The number of pyridine rings is 1. The van der Waals surface area contributed by atoms with Crippen LogP contribution in [-0.4, -0.2) is 31.2 Å². The molecule has 0 saturated heterocycles. The quantitative estimate of drug-likeness (QED) is 0.718. The molecule has 1 rings (SSSR count).